The van der Waals surface area contributed by atoms with Crippen molar-refractivity contribution in [2.75, 3.05) is 5.32 Å². The molecular formula is C14H12ClN3O3. The Hall–Kier alpha value is -2.60. The number of nitrogens with zero attached hydrogens (tertiary/aromatic N) is 1. The number of carbonyl (C=O) groups excluding carboxylic acids is 2. The fourth-order valence-corrected chi connectivity index (χ4v) is 1.65. The molecule has 0 saturated heterocycles. The summed E-state index contributed by atoms with van der Waals surface area (Å²) in [6, 6.07) is 9.99. The first-order valence-electron chi connectivity index (χ1n) is 6.02. The van der Waals surface area contributed by atoms with E-state index in [0.717, 1.165) is 0 Å². The number of anilines is 1. The van der Waals surface area contributed by atoms with E-state index in [0.29, 0.717) is 22.2 Å². The van der Waals surface area contributed by atoms with Gasteiger partial charge in [0.05, 0.1) is 17.0 Å². The number of halogens is 1. The highest BCUT2D eigenvalue weighted by Crippen LogP contribution is 2.20. The van der Waals surface area contributed by atoms with E-state index in [-0.39, 0.29) is 0 Å². The number of hydrogen-bond acceptors (Lipinski definition) is 4. The van der Waals surface area contributed by atoms with E-state index in [1.807, 2.05) is 0 Å². The van der Waals surface area contributed by atoms with Gasteiger partial charge in [-0.15, -0.1) is 0 Å². The fraction of sp³-hybridized carbons (Fsp3) is 0.0714. The Kier molecular flexibility index (Phi) is 4.73. The molecule has 0 spiro atoms. The van der Waals surface area contributed by atoms with Crippen molar-refractivity contribution in [1.82, 2.24) is 5.43 Å². The monoisotopic (exact) mass is 305 g/mol. The van der Waals surface area contributed by atoms with Crippen LogP contribution in [-0.4, -0.2) is 17.5 Å². The molecule has 0 fully saturated rings. The van der Waals surface area contributed by atoms with Gasteiger partial charge in [0.1, 0.15) is 11.5 Å². The Labute approximate surface area is 125 Å². The van der Waals surface area contributed by atoms with Crippen molar-refractivity contribution < 1.29 is 14.0 Å². The molecule has 0 bridgehead atoms. The molecule has 2 amide bonds. The van der Waals surface area contributed by atoms with Crippen LogP contribution in [0.25, 0.3) is 0 Å². The molecule has 7 heteroatoms. The van der Waals surface area contributed by atoms with E-state index >= 15 is 0 Å². The Morgan fingerprint density at radius 1 is 1.14 bits per heavy atom. The number of benzene rings is 1. The number of amides is 2. The number of para-hydroxylation sites is 1. The summed E-state index contributed by atoms with van der Waals surface area (Å²) in [6.45, 7) is 1.64. The van der Waals surface area contributed by atoms with Crippen LogP contribution < -0.4 is 10.7 Å². The second kappa shape index (κ2) is 6.71. The molecule has 2 N–H and O–H groups in total. The van der Waals surface area contributed by atoms with Crippen molar-refractivity contribution >= 4 is 34.8 Å². The lowest BCUT2D eigenvalue weighted by molar-refractivity contribution is -0.136. The summed E-state index contributed by atoms with van der Waals surface area (Å²) < 4.78 is 5.10. The van der Waals surface area contributed by atoms with Gasteiger partial charge < -0.3 is 9.73 Å². The predicted molar refractivity (Wildman–Crippen MR) is 79.1 cm³/mol. The van der Waals surface area contributed by atoms with E-state index in [2.05, 4.69) is 15.8 Å². The molecule has 0 unspecified atom stereocenters. The summed E-state index contributed by atoms with van der Waals surface area (Å²) in [5, 5.41) is 6.52. The molecule has 6 nitrogen and oxygen atoms in total. The number of furan rings is 1. The molecule has 21 heavy (non-hydrogen) atoms. The molecule has 1 heterocycles. The maximum absolute atomic E-state index is 11.7. The minimum absolute atomic E-state index is 0.342. The van der Waals surface area contributed by atoms with Crippen molar-refractivity contribution in [3.63, 3.8) is 0 Å². The Morgan fingerprint density at radius 3 is 2.57 bits per heavy atom. The first kappa shape index (κ1) is 14.8. The summed E-state index contributed by atoms with van der Waals surface area (Å²) in [5.74, 6) is -1.26. The maximum atomic E-state index is 11.7. The molecule has 0 saturated carbocycles. The number of hydrogen-bond donors (Lipinski definition) is 2. The summed E-state index contributed by atoms with van der Waals surface area (Å²) in [6.07, 6.45) is 1.49. The smallest absolute Gasteiger partial charge is 0.329 e. The van der Waals surface area contributed by atoms with Crippen LogP contribution >= 0.6 is 11.6 Å². The van der Waals surface area contributed by atoms with Gasteiger partial charge in [-0.2, -0.15) is 5.10 Å². The second-order valence-electron chi connectivity index (χ2n) is 4.05. The zero-order valence-corrected chi connectivity index (χ0v) is 11.8. The van der Waals surface area contributed by atoms with Gasteiger partial charge in [0.2, 0.25) is 0 Å². The van der Waals surface area contributed by atoms with Crippen LogP contribution in [0.1, 0.15) is 12.7 Å². The number of nitrogens with one attached hydrogen (secondary N) is 2. The summed E-state index contributed by atoms with van der Waals surface area (Å²) in [4.78, 5) is 23.3. The third-order valence-corrected chi connectivity index (χ3v) is 2.86. The van der Waals surface area contributed by atoms with E-state index < -0.39 is 11.8 Å². The van der Waals surface area contributed by atoms with Crippen molar-refractivity contribution in [2.24, 2.45) is 5.10 Å². The molecule has 0 aliphatic rings. The Balaban J connectivity index is 1.96. The van der Waals surface area contributed by atoms with Crippen LogP contribution in [0.2, 0.25) is 5.02 Å². The van der Waals surface area contributed by atoms with Crippen LogP contribution in [-0.2, 0) is 9.59 Å². The van der Waals surface area contributed by atoms with E-state index in [1.165, 1.54) is 6.26 Å². The van der Waals surface area contributed by atoms with Crippen molar-refractivity contribution in [3.05, 3.63) is 53.4 Å². The van der Waals surface area contributed by atoms with Gasteiger partial charge >= 0.3 is 11.8 Å². The third-order valence-electron chi connectivity index (χ3n) is 2.53. The average Bonchev–Trinajstić information content (AvgIpc) is 3.01. The highest BCUT2D eigenvalue weighted by molar-refractivity contribution is 6.41. The van der Waals surface area contributed by atoms with Crippen LogP contribution in [0, 0.1) is 0 Å². The summed E-state index contributed by atoms with van der Waals surface area (Å²) in [7, 11) is 0. The first-order chi connectivity index (χ1) is 10.1. The van der Waals surface area contributed by atoms with E-state index in [9.17, 15) is 9.59 Å². The van der Waals surface area contributed by atoms with Gasteiger partial charge in [-0.25, -0.2) is 5.43 Å². The lowest BCUT2D eigenvalue weighted by atomic mass is 10.3. The van der Waals surface area contributed by atoms with Gasteiger partial charge in [0.15, 0.2) is 0 Å². The zero-order valence-electron chi connectivity index (χ0n) is 11.1. The Morgan fingerprint density at radius 2 is 1.90 bits per heavy atom. The van der Waals surface area contributed by atoms with Crippen LogP contribution in [0.15, 0.2) is 52.2 Å². The van der Waals surface area contributed by atoms with Crippen LogP contribution in [0.5, 0.6) is 0 Å². The van der Waals surface area contributed by atoms with Gasteiger partial charge in [0, 0.05) is 0 Å². The molecule has 2 rings (SSSR count). The number of hydrazone groups is 1. The molecule has 1 aromatic heterocycles. The predicted octanol–water partition coefficient (Wildman–Crippen LogP) is 2.41. The highest BCUT2D eigenvalue weighted by Gasteiger charge is 2.14. The van der Waals surface area contributed by atoms with Crippen LogP contribution in [0.3, 0.4) is 0 Å². The van der Waals surface area contributed by atoms with Crippen LogP contribution in [0.4, 0.5) is 5.69 Å². The normalized spacial score (nSPS) is 11.0. The number of carbonyl (C=O) groups is 2. The lowest BCUT2D eigenvalue weighted by Gasteiger charge is -2.05. The first-order valence-corrected chi connectivity index (χ1v) is 6.39. The molecular weight excluding hydrogens is 294 g/mol. The average molecular weight is 306 g/mol. The van der Waals surface area contributed by atoms with Crippen molar-refractivity contribution in [3.8, 4) is 0 Å². The summed E-state index contributed by atoms with van der Waals surface area (Å²) >= 11 is 5.88. The molecule has 1 aromatic carbocycles. The lowest BCUT2D eigenvalue weighted by Crippen LogP contribution is -2.33. The minimum atomic E-state index is -0.902. The summed E-state index contributed by atoms with van der Waals surface area (Å²) in [5.41, 5.74) is 2.94. The van der Waals surface area contributed by atoms with Crippen molar-refractivity contribution in [1.29, 1.82) is 0 Å². The molecule has 0 radical (unpaired) electrons. The maximum Gasteiger partial charge on any atom is 0.329 e. The molecule has 0 aliphatic carbocycles. The van der Waals surface area contributed by atoms with Gasteiger partial charge in [-0.1, -0.05) is 23.7 Å². The highest BCUT2D eigenvalue weighted by atomic mass is 35.5. The Bertz CT molecular complexity index is 681. The quantitative estimate of drug-likeness (QED) is 0.519. The number of rotatable bonds is 3. The molecule has 0 atom stereocenters. The zero-order chi connectivity index (χ0) is 15.2. The van der Waals surface area contributed by atoms with Gasteiger partial charge in [-0.3, -0.25) is 9.59 Å². The second-order valence-corrected chi connectivity index (χ2v) is 4.46. The largest absolute Gasteiger partial charge is 0.463 e. The van der Waals surface area contributed by atoms with Gasteiger partial charge in [-0.05, 0) is 31.2 Å². The standard InChI is InChI=1S/C14H12ClN3O3/c1-9(12-7-4-8-21-12)17-18-14(20)13(19)16-11-6-3-2-5-10(11)15/h2-8H,1H3,(H,16,19)(H,18,20)/b17-9+. The molecule has 108 valence electrons. The van der Waals surface area contributed by atoms with E-state index in [4.69, 9.17) is 16.0 Å². The van der Waals surface area contributed by atoms with Crippen molar-refractivity contribution in [2.45, 2.75) is 6.92 Å². The fourth-order valence-electron chi connectivity index (χ4n) is 1.47. The topological polar surface area (TPSA) is 83.7 Å². The molecule has 0 aliphatic heterocycles. The minimum Gasteiger partial charge on any atom is -0.463 e. The SMILES string of the molecule is C/C(=N\NC(=O)C(=O)Nc1ccccc1Cl)c1ccco1. The van der Waals surface area contributed by atoms with Gasteiger partial charge in [0.25, 0.3) is 0 Å². The third kappa shape index (κ3) is 3.93. The van der Waals surface area contributed by atoms with E-state index in [1.54, 1.807) is 43.3 Å². The molecule has 2 aromatic rings.